The maximum Gasteiger partial charge on any atom is 0.306 e. The fourth-order valence-corrected chi connectivity index (χ4v) is 4.62. The predicted molar refractivity (Wildman–Crippen MR) is 127 cm³/mol. The van der Waals surface area contributed by atoms with Crippen LogP contribution in [0.1, 0.15) is 59.3 Å². The number of imidazole rings is 1. The summed E-state index contributed by atoms with van der Waals surface area (Å²) in [5.41, 5.74) is 1.50. The van der Waals surface area contributed by atoms with Gasteiger partial charge in [-0.3, -0.25) is 9.59 Å². The van der Waals surface area contributed by atoms with E-state index in [1.165, 1.54) is 7.11 Å². The van der Waals surface area contributed by atoms with Crippen LogP contribution in [0.3, 0.4) is 0 Å². The first-order chi connectivity index (χ1) is 14.5. The summed E-state index contributed by atoms with van der Waals surface area (Å²) in [6.45, 7) is 10.4. The summed E-state index contributed by atoms with van der Waals surface area (Å²) in [6, 6.07) is 5.81. The Hall–Kier alpha value is -1.68. The Labute approximate surface area is 197 Å². The molecule has 2 heterocycles. The summed E-state index contributed by atoms with van der Waals surface area (Å²) in [7, 11) is 1.35. The molecule has 3 rings (SSSR count). The Bertz CT molecular complexity index is 950. The SMILES string of the molecule is COC(=O)C[C@H](C(=O)N1C[C@H](OC(C)(C)C)CC1c1nc2ccc(I)cc2[nH]1)C(C)C. The highest BCUT2D eigenvalue weighted by Crippen LogP contribution is 2.37. The van der Waals surface area contributed by atoms with Gasteiger partial charge in [0.05, 0.1) is 48.2 Å². The number of hydrogen-bond donors (Lipinski definition) is 1. The van der Waals surface area contributed by atoms with E-state index in [0.29, 0.717) is 13.0 Å². The van der Waals surface area contributed by atoms with E-state index in [9.17, 15) is 9.59 Å². The second-order valence-electron chi connectivity index (χ2n) is 9.51. The smallest absolute Gasteiger partial charge is 0.306 e. The van der Waals surface area contributed by atoms with Crippen LogP contribution in [-0.2, 0) is 19.1 Å². The number of halogens is 1. The molecule has 1 aromatic carbocycles. The highest BCUT2D eigenvalue weighted by Gasteiger charge is 2.43. The summed E-state index contributed by atoms with van der Waals surface area (Å²) in [4.78, 5) is 35.6. The fraction of sp³-hybridized carbons (Fsp3) is 0.609. The van der Waals surface area contributed by atoms with Gasteiger partial charge in [-0.05, 0) is 67.5 Å². The molecule has 1 N–H and O–H groups in total. The van der Waals surface area contributed by atoms with Gasteiger partial charge in [0.25, 0.3) is 0 Å². The Balaban J connectivity index is 1.94. The molecule has 0 spiro atoms. The third kappa shape index (κ3) is 5.77. The fourth-order valence-electron chi connectivity index (χ4n) is 4.13. The van der Waals surface area contributed by atoms with E-state index in [-0.39, 0.29) is 42.0 Å². The molecule has 0 aliphatic carbocycles. The summed E-state index contributed by atoms with van der Waals surface area (Å²) >= 11 is 2.27. The van der Waals surface area contributed by atoms with Crippen LogP contribution in [0, 0.1) is 15.4 Å². The Morgan fingerprint density at radius 1 is 1.32 bits per heavy atom. The van der Waals surface area contributed by atoms with Crippen molar-refractivity contribution in [2.75, 3.05) is 13.7 Å². The minimum Gasteiger partial charge on any atom is -0.469 e. The van der Waals surface area contributed by atoms with Gasteiger partial charge in [-0.1, -0.05) is 13.8 Å². The van der Waals surface area contributed by atoms with Gasteiger partial charge in [0.1, 0.15) is 5.82 Å². The molecule has 1 aliphatic heterocycles. The number of aromatic amines is 1. The average Bonchev–Trinajstić information content (AvgIpc) is 3.27. The van der Waals surface area contributed by atoms with E-state index in [1.807, 2.05) is 57.7 Å². The quantitative estimate of drug-likeness (QED) is 0.432. The van der Waals surface area contributed by atoms with Gasteiger partial charge < -0.3 is 19.4 Å². The van der Waals surface area contributed by atoms with Crippen molar-refractivity contribution in [2.24, 2.45) is 11.8 Å². The normalized spacial score (nSPS) is 20.5. The molecule has 1 unspecified atom stereocenters. The maximum absolute atomic E-state index is 13.6. The van der Waals surface area contributed by atoms with Gasteiger partial charge in [-0.2, -0.15) is 0 Å². The maximum atomic E-state index is 13.6. The van der Waals surface area contributed by atoms with E-state index in [0.717, 1.165) is 20.4 Å². The number of nitrogens with zero attached hydrogens (tertiary/aromatic N) is 2. The highest BCUT2D eigenvalue weighted by molar-refractivity contribution is 14.1. The van der Waals surface area contributed by atoms with Crippen LogP contribution < -0.4 is 0 Å². The number of carbonyl (C=O) groups is 2. The number of hydrogen-bond acceptors (Lipinski definition) is 5. The molecule has 8 heteroatoms. The number of ether oxygens (including phenoxy) is 2. The predicted octanol–water partition coefficient (Wildman–Crippen LogP) is 4.46. The van der Waals surface area contributed by atoms with Crippen molar-refractivity contribution >= 4 is 45.5 Å². The molecule has 170 valence electrons. The van der Waals surface area contributed by atoms with E-state index < -0.39 is 5.92 Å². The molecule has 3 atom stereocenters. The first kappa shape index (κ1) is 24.0. The average molecular weight is 541 g/mol. The number of fused-ring (bicyclic) bond motifs is 1. The molecule has 1 fully saturated rings. The zero-order chi connectivity index (χ0) is 22.9. The summed E-state index contributed by atoms with van der Waals surface area (Å²) in [6.07, 6.45) is 0.621. The van der Waals surface area contributed by atoms with E-state index in [4.69, 9.17) is 14.5 Å². The molecule has 31 heavy (non-hydrogen) atoms. The lowest BCUT2D eigenvalue weighted by Gasteiger charge is -2.29. The molecule has 0 bridgehead atoms. The number of amides is 1. The van der Waals surface area contributed by atoms with Gasteiger partial charge in [-0.25, -0.2) is 4.98 Å². The topological polar surface area (TPSA) is 84.5 Å². The molecular formula is C23H32IN3O4. The summed E-state index contributed by atoms with van der Waals surface area (Å²) in [5.74, 6) is -0.115. The van der Waals surface area contributed by atoms with Crippen LogP contribution in [0.25, 0.3) is 11.0 Å². The zero-order valence-corrected chi connectivity index (χ0v) is 21.2. The van der Waals surface area contributed by atoms with Gasteiger partial charge in [0.15, 0.2) is 0 Å². The van der Waals surface area contributed by atoms with Crippen LogP contribution >= 0.6 is 22.6 Å². The van der Waals surface area contributed by atoms with Crippen molar-refractivity contribution in [1.82, 2.24) is 14.9 Å². The standard InChI is InChI=1S/C23H32IN3O4/c1-13(2)16(11-20(28)30-6)22(29)27-12-15(31-23(3,4)5)10-19(27)21-25-17-8-7-14(24)9-18(17)26-21/h7-9,13,15-16,19H,10-12H2,1-6H3,(H,25,26)/t15-,16+,19?/m1/s1. The first-order valence-corrected chi connectivity index (χ1v) is 11.8. The molecule has 1 saturated heterocycles. The first-order valence-electron chi connectivity index (χ1n) is 10.7. The Kier molecular flexibility index (Phi) is 7.30. The molecule has 2 aromatic rings. The molecule has 0 radical (unpaired) electrons. The molecule has 1 amide bonds. The zero-order valence-electron chi connectivity index (χ0n) is 19.1. The van der Waals surface area contributed by atoms with Crippen molar-refractivity contribution in [3.8, 4) is 0 Å². The lowest BCUT2D eigenvalue weighted by Crippen LogP contribution is -2.40. The third-order valence-corrected chi connectivity index (χ3v) is 6.25. The third-order valence-electron chi connectivity index (χ3n) is 5.58. The number of carbonyl (C=O) groups excluding carboxylic acids is 2. The molecule has 1 aliphatic rings. The van der Waals surface area contributed by atoms with Crippen LogP contribution in [0.4, 0.5) is 0 Å². The van der Waals surface area contributed by atoms with E-state index in [1.54, 1.807) is 0 Å². The van der Waals surface area contributed by atoms with Gasteiger partial charge in [-0.15, -0.1) is 0 Å². The van der Waals surface area contributed by atoms with Crippen molar-refractivity contribution < 1.29 is 19.1 Å². The molecule has 7 nitrogen and oxygen atoms in total. The van der Waals surface area contributed by atoms with Crippen molar-refractivity contribution in [3.05, 3.63) is 27.6 Å². The van der Waals surface area contributed by atoms with Gasteiger partial charge in [0, 0.05) is 16.5 Å². The van der Waals surface area contributed by atoms with E-state index in [2.05, 4.69) is 27.6 Å². The highest BCUT2D eigenvalue weighted by atomic mass is 127. The summed E-state index contributed by atoms with van der Waals surface area (Å²) in [5, 5.41) is 0. The second-order valence-corrected chi connectivity index (χ2v) is 10.8. The largest absolute Gasteiger partial charge is 0.469 e. The van der Waals surface area contributed by atoms with Crippen LogP contribution in [-0.4, -0.2) is 52.1 Å². The van der Waals surface area contributed by atoms with E-state index >= 15 is 0 Å². The molecule has 0 saturated carbocycles. The van der Waals surface area contributed by atoms with Crippen LogP contribution in [0.2, 0.25) is 0 Å². The molecular weight excluding hydrogens is 509 g/mol. The number of H-pyrrole nitrogens is 1. The second kappa shape index (κ2) is 9.44. The van der Waals surface area contributed by atoms with Crippen LogP contribution in [0.15, 0.2) is 18.2 Å². The van der Waals surface area contributed by atoms with Crippen LogP contribution in [0.5, 0.6) is 0 Å². The number of rotatable bonds is 6. The number of esters is 1. The van der Waals surface area contributed by atoms with Gasteiger partial charge in [0.2, 0.25) is 5.91 Å². The number of aromatic nitrogens is 2. The minimum absolute atomic E-state index is 0.00656. The van der Waals surface area contributed by atoms with Crippen molar-refractivity contribution in [1.29, 1.82) is 0 Å². The monoisotopic (exact) mass is 541 g/mol. The summed E-state index contributed by atoms with van der Waals surface area (Å²) < 4.78 is 12.2. The number of methoxy groups -OCH3 is 1. The van der Waals surface area contributed by atoms with Gasteiger partial charge >= 0.3 is 5.97 Å². The number of benzene rings is 1. The number of likely N-dealkylation sites (tertiary alicyclic amines) is 1. The minimum atomic E-state index is -0.450. The molecule has 1 aromatic heterocycles. The lowest BCUT2D eigenvalue weighted by atomic mass is 9.91. The Morgan fingerprint density at radius 3 is 2.65 bits per heavy atom. The number of nitrogens with one attached hydrogen (secondary N) is 1. The Morgan fingerprint density at radius 2 is 2.03 bits per heavy atom. The lowest BCUT2D eigenvalue weighted by molar-refractivity contribution is -0.148. The van der Waals surface area contributed by atoms with Crippen molar-refractivity contribution in [2.45, 2.75) is 65.2 Å². The van der Waals surface area contributed by atoms with Crippen molar-refractivity contribution in [3.63, 3.8) is 0 Å².